The third-order valence-corrected chi connectivity index (χ3v) is 3.87. The summed E-state index contributed by atoms with van der Waals surface area (Å²) in [4.78, 5) is 25.9. The Morgan fingerprint density at radius 3 is 2.64 bits per heavy atom. The van der Waals surface area contributed by atoms with E-state index in [1.165, 1.54) is 0 Å². The normalized spacial score (nSPS) is 12.3. The fraction of sp³-hybridized carbons (Fsp3) is 0.529. The van der Waals surface area contributed by atoms with Crippen LogP contribution in [0.2, 0.25) is 0 Å². The fourth-order valence-corrected chi connectivity index (χ4v) is 2.38. The number of Topliss-reactive ketones (excluding diaryl/α,β-unsaturated/α-hetero) is 1. The molecule has 0 aliphatic carbocycles. The summed E-state index contributed by atoms with van der Waals surface area (Å²) in [6, 6.07) is 1.45. The Morgan fingerprint density at radius 2 is 2.09 bits per heavy atom. The lowest BCUT2D eigenvalue weighted by Crippen LogP contribution is -2.40. The van der Waals surface area contributed by atoms with Gasteiger partial charge in [0.2, 0.25) is 0 Å². The van der Waals surface area contributed by atoms with Gasteiger partial charge in [-0.1, -0.05) is 6.08 Å². The minimum atomic E-state index is -0.444. The highest BCUT2D eigenvalue weighted by molar-refractivity contribution is 5.99. The predicted octanol–water partition coefficient (Wildman–Crippen LogP) is 2.36. The van der Waals surface area contributed by atoms with Crippen LogP contribution in [0.3, 0.4) is 0 Å². The van der Waals surface area contributed by atoms with Crippen LogP contribution in [-0.4, -0.2) is 47.5 Å². The molecular weight excluding hydrogens is 280 g/mol. The Labute approximate surface area is 132 Å². The van der Waals surface area contributed by atoms with Crippen LogP contribution in [0.5, 0.6) is 0 Å². The van der Waals surface area contributed by atoms with Gasteiger partial charge >= 0.3 is 5.97 Å². The zero-order chi connectivity index (χ0) is 16.9. The molecule has 0 aromatic carbocycles. The topological polar surface area (TPSA) is 51.5 Å². The van der Waals surface area contributed by atoms with Crippen LogP contribution in [0.25, 0.3) is 0 Å². The lowest BCUT2D eigenvalue weighted by Gasteiger charge is -2.22. The van der Waals surface area contributed by atoms with E-state index in [1.54, 1.807) is 25.8 Å². The van der Waals surface area contributed by atoms with Crippen LogP contribution in [0.1, 0.15) is 35.6 Å². The van der Waals surface area contributed by atoms with Gasteiger partial charge in [0.1, 0.15) is 6.04 Å². The number of likely N-dealkylation sites (N-methyl/N-ethyl adjacent to an activating group) is 1. The third-order valence-electron chi connectivity index (χ3n) is 3.87. The van der Waals surface area contributed by atoms with Gasteiger partial charge in [0, 0.05) is 23.5 Å². The smallest absolute Gasteiger partial charge is 0.323 e. The summed E-state index contributed by atoms with van der Waals surface area (Å²) in [7, 11) is 1.75. The highest BCUT2D eigenvalue weighted by atomic mass is 16.5. The van der Waals surface area contributed by atoms with E-state index in [0.29, 0.717) is 18.7 Å². The second-order valence-electron chi connectivity index (χ2n) is 5.45. The number of esters is 1. The first kappa shape index (κ1) is 18.2. The highest BCUT2D eigenvalue weighted by Crippen LogP contribution is 2.16. The van der Waals surface area contributed by atoms with E-state index in [9.17, 15) is 9.59 Å². The van der Waals surface area contributed by atoms with E-state index < -0.39 is 6.04 Å². The van der Waals surface area contributed by atoms with Crippen molar-refractivity contribution in [3.05, 3.63) is 35.7 Å². The number of hydrogen-bond acceptors (Lipinski definition) is 4. The molecule has 0 saturated carbocycles. The molecule has 1 heterocycles. The van der Waals surface area contributed by atoms with Crippen LogP contribution in [0.4, 0.5) is 0 Å². The maximum absolute atomic E-state index is 12.5. The fourth-order valence-electron chi connectivity index (χ4n) is 2.38. The zero-order valence-electron chi connectivity index (χ0n) is 14.2. The first-order valence-electron chi connectivity index (χ1n) is 7.51. The Morgan fingerprint density at radius 1 is 1.45 bits per heavy atom. The number of aromatic nitrogens is 1. The van der Waals surface area contributed by atoms with Crippen molar-refractivity contribution in [2.24, 2.45) is 0 Å². The summed E-state index contributed by atoms with van der Waals surface area (Å²) in [5, 5.41) is 0. The molecule has 0 amide bonds. The number of ether oxygens (including phenoxy) is 1. The molecule has 0 N–H and O–H groups in total. The molecule has 0 radical (unpaired) electrons. The van der Waals surface area contributed by atoms with Crippen LogP contribution < -0.4 is 0 Å². The molecule has 1 atom stereocenters. The van der Waals surface area contributed by atoms with Crippen LogP contribution >= 0.6 is 0 Å². The summed E-state index contributed by atoms with van der Waals surface area (Å²) in [5.74, 6) is -0.308. The van der Waals surface area contributed by atoms with Gasteiger partial charge in [-0.15, -0.1) is 6.58 Å². The molecule has 0 bridgehead atoms. The van der Waals surface area contributed by atoms with E-state index in [-0.39, 0.29) is 18.3 Å². The van der Waals surface area contributed by atoms with E-state index in [4.69, 9.17) is 4.74 Å². The molecule has 5 nitrogen and oxygen atoms in total. The van der Waals surface area contributed by atoms with E-state index in [1.807, 2.05) is 26.0 Å². The Balaban J connectivity index is 2.83. The van der Waals surface area contributed by atoms with Gasteiger partial charge in [-0.2, -0.15) is 0 Å². The lowest BCUT2D eigenvalue weighted by atomic mass is 10.1. The number of aryl methyl sites for hydroxylation is 1. The monoisotopic (exact) mass is 306 g/mol. The number of allylic oxidation sites excluding steroid dienone is 1. The van der Waals surface area contributed by atoms with Crippen molar-refractivity contribution in [2.75, 3.05) is 20.2 Å². The number of hydrogen-bond donors (Lipinski definition) is 0. The highest BCUT2D eigenvalue weighted by Gasteiger charge is 2.23. The van der Waals surface area contributed by atoms with Crippen molar-refractivity contribution in [3.8, 4) is 0 Å². The second-order valence-corrected chi connectivity index (χ2v) is 5.45. The van der Waals surface area contributed by atoms with Crippen molar-refractivity contribution in [1.29, 1.82) is 0 Å². The summed E-state index contributed by atoms with van der Waals surface area (Å²) in [6.07, 6.45) is 1.81. The van der Waals surface area contributed by atoms with Crippen molar-refractivity contribution < 1.29 is 14.3 Å². The number of rotatable bonds is 8. The molecule has 0 aliphatic rings. The molecule has 1 aromatic rings. The summed E-state index contributed by atoms with van der Waals surface area (Å²) in [5.41, 5.74) is 2.66. The van der Waals surface area contributed by atoms with E-state index in [0.717, 1.165) is 11.4 Å². The Bertz CT molecular complexity index is 560. The molecule has 22 heavy (non-hydrogen) atoms. The molecule has 0 fully saturated rings. The van der Waals surface area contributed by atoms with Gasteiger partial charge in [-0.25, -0.2) is 0 Å². The molecule has 0 spiro atoms. The number of carbonyl (C=O) groups is 2. The Hall–Kier alpha value is -1.88. The number of ketones is 1. The summed E-state index contributed by atoms with van der Waals surface area (Å²) >= 11 is 0. The van der Waals surface area contributed by atoms with Gasteiger partial charge in [-0.3, -0.25) is 14.5 Å². The van der Waals surface area contributed by atoms with Gasteiger partial charge in [0.05, 0.1) is 13.2 Å². The van der Waals surface area contributed by atoms with Crippen LogP contribution in [0, 0.1) is 13.8 Å². The first-order valence-corrected chi connectivity index (χ1v) is 7.51. The van der Waals surface area contributed by atoms with Gasteiger partial charge < -0.3 is 9.30 Å². The largest absolute Gasteiger partial charge is 0.465 e. The quantitative estimate of drug-likeness (QED) is 0.420. The third kappa shape index (κ3) is 4.07. The van der Waals surface area contributed by atoms with Gasteiger partial charge in [0.15, 0.2) is 5.78 Å². The van der Waals surface area contributed by atoms with Gasteiger partial charge in [-0.05, 0) is 40.8 Å². The van der Waals surface area contributed by atoms with Crippen LogP contribution in [0.15, 0.2) is 18.7 Å². The zero-order valence-corrected chi connectivity index (χ0v) is 14.2. The second kappa shape index (κ2) is 7.94. The maximum atomic E-state index is 12.5. The van der Waals surface area contributed by atoms with Crippen molar-refractivity contribution in [3.63, 3.8) is 0 Å². The molecule has 0 saturated heterocycles. The lowest BCUT2D eigenvalue weighted by molar-refractivity contribution is -0.148. The SMILES string of the molecule is C=CCn1c(C)cc(C(=O)CN(C)[C@@H](C)C(=O)OCC)c1C. The van der Waals surface area contributed by atoms with Crippen molar-refractivity contribution in [1.82, 2.24) is 9.47 Å². The minimum absolute atomic E-state index is 0.00191. The van der Waals surface area contributed by atoms with Crippen LogP contribution in [-0.2, 0) is 16.1 Å². The van der Waals surface area contributed by atoms with Crippen molar-refractivity contribution >= 4 is 11.8 Å². The molecule has 5 heteroatoms. The van der Waals surface area contributed by atoms with Crippen molar-refractivity contribution in [2.45, 2.75) is 40.3 Å². The average Bonchev–Trinajstić information content (AvgIpc) is 2.75. The Kier molecular flexibility index (Phi) is 6.56. The summed E-state index contributed by atoms with van der Waals surface area (Å²) in [6.45, 7) is 12.3. The minimum Gasteiger partial charge on any atom is -0.465 e. The maximum Gasteiger partial charge on any atom is 0.323 e. The molecular formula is C17H26N2O3. The molecule has 0 aliphatic heterocycles. The van der Waals surface area contributed by atoms with E-state index >= 15 is 0 Å². The average molecular weight is 306 g/mol. The molecule has 1 rings (SSSR count). The number of nitrogens with zero attached hydrogens (tertiary/aromatic N) is 2. The molecule has 1 aromatic heterocycles. The van der Waals surface area contributed by atoms with Gasteiger partial charge in [0.25, 0.3) is 0 Å². The first-order chi connectivity index (χ1) is 10.3. The summed E-state index contributed by atoms with van der Waals surface area (Å²) < 4.78 is 7.03. The standard InChI is InChI=1S/C17H26N2O3/c1-7-9-19-12(3)10-15(13(19)4)16(20)11-18(6)14(5)17(21)22-8-2/h7,10,14H,1,8-9,11H2,2-6H3/t14-/m0/s1. The predicted molar refractivity (Wildman–Crippen MR) is 87.2 cm³/mol. The number of carbonyl (C=O) groups excluding carboxylic acids is 2. The molecule has 122 valence electrons. The van der Waals surface area contributed by atoms with E-state index in [2.05, 4.69) is 11.1 Å². The molecule has 0 unspecified atom stereocenters.